The molecular weight excluding hydrogens is 202 g/mol. The number of hydrogen-bond donors (Lipinski definition) is 3. The Labute approximate surface area is 96.0 Å². The highest BCUT2D eigenvalue weighted by Gasteiger charge is 2.31. The average molecular weight is 221 g/mol. The van der Waals surface area contributed by atoms with E-state index in [9.17, 15) is 0 Å². The monoisotopic (exact) mass is 221 g/mol. The van der Waals surface area contributed by atoms with Crippen LogP contribution in [0.5, 0.6) is 0 Å². The first-order valence-corrected chi connectivity index (χ1v) is 5.28. The third-order valence-corrected chi connectivity index (χ3v) is 2.96. The van der Waals surface area contributed by atoms with Gasteiger partial charge in [-0.2, -0.15) is 4.99 Å². The van der Waals surface area contributed by atoms with Gasteiger partial charge in [-0.05, 0) is 12.8 Å². The summed E-state index contributed by atoms with van der Waals surface area (Å²) < 4.78 is 0. The van der Waals surface area contributed by atoms with Gasteiger partial charge in [-0.15, -0.1) is 0 Å². The lowest BCUT2D eigenvalue weighted by Gasteiger charge is -2.39. The van der Waals surface area contributed by atoms with Gasteiger partial charge in [0.05, 0.1) is 5.54 Å². The summed E-state index contributed by atoms with van der Waals surface area (Å²) in [5.41, 5.74) is 10.4. The molecule has 0 amide bonds. The molecule has 0 aromatic rings. The topological polar surface area (TPSA) is 91.5 Å². The maximum atomic E-state index is 7.81. The predicted octanol–water partition coefficient (Wildman–Crippen LogP) is 0.791. The number of rotatable bonds is 2. The average Bonchev–Trinajstić information content (AvgIpc) is 2.28. The number of nitrogens with two attached hydrogens (primary N) is 2. The van der Waals surface area contributed by atoms with E-state index in [-0.39, 0.29) is 17.5 Å². The van der Waals surface area contributed by atoms with Crippen molar-refractivity contribution < 1.29 is 0 Å². The summed E-state index contributed by atoms with van der Waals surface area (Å²) in [6.45, 7) is 2.09. The molecule has 0 heterocycles. The van der Waals surface area contributed by atoms with Crippen molar-refractivity contribution in [2.24, 2.45) is 16.5 Å². The van der Waals surface area contributed by atoms with E-state index < -0.39 is 0 Å². The lowest BCUT2D eigenvalue weighted by Crippen LogP contribution is -2.48. The quantitative estimate of drug-likeness (QED) is 0.475. The highest BCUT2D eigenvalue weighted by Crippen LogP contribution is 2.28. The molecule has 0 radical (unpaired) electrons. The SMILES string of the molecule is CCC1(N(C)C(=N)N=C(N)N)C=CC=CC1. The number of likely N-dealkylation sites (N-methyl/N-ethyl adjacent to an activating group) is 1. The van der Waals surface area contributed by atoms with Crippen LogP contribution in [-0.4, -0.2) is 29.4 Å². The number of aliphatic imine (C=N–C) groups is 1. The number of guanidine groups is 2. The van der Waals surface area contributed by atoms with E-state index in [0.29, 0.717) is 0 Å². The third-order valence-electron chi connectivity index (χ3n) is 2.96. The molecule has 0 saturated heterocycles. The molecule has 0 fully saturated rings. The maximum Gasteiger partial charge on any atom is 0.221 e. The molecule has 1 unspecified atom stereocenters. The van der Waals surface area contributed by atoms with E-state index in [4.69, 9.17) is 16.9 Å². The van der Waals surface area contributed by atoms with Gasteiger partial charge in [-0.3, -0.25) is 5.41 Å². The van der Waals surface area contributed by atoms with Crippen LogP contribution in [-0.2, 0) is 0 Å². The molecule has 1 rings (SSSR count). The van der Waals surface area contributed by atoms with E-state index in [1.165, 1.54) is 0 Å². The molecule has 0 aliphatic heterocycles. The molecule has 0 saturated carbocycles. The van der Waals surface area contributed by atoms with Crippen LogP contribution < -0.4 is 11.5 Å². The van der Waals surface area contributed by atoms with Gasteiger partial charge in [-0.1, -0.05) is 31.2 Å². The second-order valence-electron chi connectivity index (χ2n) is 3.87. The van der Waals surface area contributed by atoms with Gasteiger partial charge in [-0.25, -0.2) is 0 Å². The van der Waals surface area contributed by atoms with Crippen LogP contribution in [0.3, 0.4) is 0 Å². The second kappa shape index (κ2) is 4.83. The summed E-state index contributed by atoms with van der Waals surface area (Å²) in [6, 6.07) is 0. The molecule has 0 bridgehead atoms. The fourth-order valence-corrected chi connectivity index (χ4v) is 1.81. The van der Waals surface area contributed by atoms with Crippen molar-refractivity contribution in [3.05, 3.63) is 24.3 Å². The van der Waals surface area contributed by atoms with Crippen LogP contribution in [0, 0.1) is 5.41 Å². The third kappa shape index (κ3) is 2.42. The van der Waals surface area contributed by atoms with Gasteiger partial charge in [0.1, 0.15) is 0 Å². The fourth-order valence-electron chi connectivity index (χ4n) is 1.81. The van der Waals surface area contributed by atoms with Crippen LogP contribution in [0.25, 0.3) is 0 Å². The summed E-state index contributed by atoms with van der Waals surface area (Å²) >= 11 is 0. The lowest BCUT2D eigenvalue weighted by atomic mass is 9.87. The Bertz CT molecular complexity index is 351. The first-order chi connectivity index (χ1) is 7.52. The van der Waals surface area contributed by atoms with Crippen molar-refractivity contribution in [2.75, 3.05) is 7.05 Å². The van der Waals surface area contributed by atoms with Crippen LogP contribution >= 0.6 is 0 Å². The van der Waals surface area contributed by atoms with Crippen LogP contribution in [0.2, 0.25) is 0 Å². The van der Waals surface area contributed by atoms with Crippen LogP contribution in [0.15, 0.2) is 29.3 Å². The van der Waals surface area contributed by atoms with Crippen LogP contribution in [0.4, 0.5) is 0 Å². The Morgan fingerprint density at radius 3 is 2.62 bits per heavy atom. The molecule has 16 heavy (non-hydrogen) atoms. The highest BCUT2D eigenvalue weighted by atomic mass is 15.3. The standard InChI is InChI=1S/C11H19N5/c1-3-11(7-5-4-6-8-11)16(2)10(14)15-9(12)13/h4-7H,3,8H2,1-2H3,(H5,12,13,14,15). The van der Waals surface area contributed by atoms with E-state index >= 15 is 0 Å². The molecule has 5 nitrogen and oxygen atoms in total. The zero-order chi connectivity index (χ0) is 12.2. The van der Waals surface area contributed by atoms with Gasteiger partial charge >= 0.3 is 0 Å². The van der Waals surface area contributed by atoms with Crippen LogP contribution in [0.1, 0.15) is 19.8 Å². The summed E-state index contributed by atoms with van der Waals surface area (Å²) in [5.74, 6) is 0.000217. The zero-order valence-electron chi connectivity index (χ0n) is 9.77. The van der Waals surface area contributed by atoms with E-state index in [2.05, 4.69) is 24.1 Å². The van der Waals surface area contributed by atoms with Gasteiger partial charge in [0.2, 0.25) is 5.96 Å². The summed E-state index contributed by atoms with van der Waals surface area (Å²) in [5, 5.41) is 7.81. The first kappa shape index (κ1) is 12.3. The molecule has 1 atom stereocenters. The normalized spacial score (nSPS) is 22.9. The van der Waals surface area contributed by atoms with Gasteiger partial charge < -0.3 is 16.4 Å². The smallest absolute Gasteiger partial charge is 0.221 e. The Balaban J connectivity index is 2.89. The number of hydrogen-bond acceptors (Lipinski definition) is 1. The van der Waals surface area contributed by atoms with E-state index in [1.54, 1.807) is 4.90 Å². The Hall–Kier alpha value is -1.78. The second-order valence-corrected chi connectivity index (χ2v) is 3.87. The molecule has 5 N–H and O–H groups in total. The number of allylic oxidation sites excluding steroid dienone is 2. The maximum absolute atomic E-state index is 7.81. The Morgan fingerprint density at radius 1 is 1.50 bits per heavy atom. The first-order valence-electron chi connectivity index (χ1n) is 5.28. The lowest BCUT2D eigenvalue weighted by molar-refractivity contribution is 0.255. The number of nitrogens with one attached hydrogen (secondary N) is 1. The molecule has 88 valence electrons. The molecule has 1 aliphatic carbocycles. The van der Waals surface area contributed by atoms with Crippen molar-refractivity contribution in [1.82, 2.24) is 4.90 Å². The minimum atomic E-state index is -0.190. The molecule has 1 aliphatic rings. The van der Waals surface area contributed by atoms with Crippen molar-refractivity contribution >= 4 is 11.9 Å². The molecule has 0 aromatic carbocycles. The molecule has 0 aromatic heterocycles. The highest BCUT2D eigenvalue weighted by molar-refractivity contribution is 5.92. The van der Waals surface area contributed by atoms with Crippen molar-refractivity contribution in [3.8, 4) is 0 Å². The largest absolute Gasteiger partial charge is 0.370 e. The summed E-state index contributed by atoms with van der Waals surface area (Å²) in [4.78, 5) is 5.57. The van der Waals surface area contributed by atoms with Gasteiger partial charge in [0, 0.05) is 7.05 Å². The van der Waals surface area contributed by atoms with Crippen molar-refractivity contribution in [1.29, 1.82) is 5.41 Å². The summed E-state index contributed by atoms with van der Waals surface area (Å²) in [6.07, 6.45) is 9.93. The van der Waals surface area contributed by atoms with Gasteiger partial charge in [0.15, 0.2) is 5.96 Å². The zero-order valence-corrected chi connectivity index (χ0v) is 9.77. The summed E-state index contributed by atoms with van der Waals surface area (Å²) in [7, 11) is 1.84. The van der Waals surface area contributed by atoms with E-state index in [0.717, 1.165) is 12.8 Å². The number of nitrogens with zero attached hydrogens (tertiary/aromatic N) is 2. The Morgan fingerprint density at radius 2 is 2.19 bits per heavy atom. The fraction of sp³-hybridized carbons (Fsp3) is 0.455. The van der Waals surface area contributed by atoms with Gasteiger partial charge in [0.25, 0.3) is 0 Å². The minimum absolute atomic E-state index is 0.0848. The molecule has 0 spiro atoms. The van der Waals surface area contributed by atoms with Crippen molar-refractivity contribution in [2.45, 2.75) is 25.3 Å². The Kier molecular flexibility index (Phi) is 3.71. The molecule has 5 heteroatoms. The van der Waals surface area contributed by atoms with E-state index in [1.807, 2.05) is 19.2 Å². The minimum Gasteiger partial charge on any atom is -0.370 e. The molecular formula is C11H19N5. The predicted molar refractivity (Wildman–Crippen MR) is 67.2 cm³/mol. The van der Waals surface area contributed by atoms with Crippen molar-refractivity contribution in [3.63, 3.8) is 0 Å².